The number of hydrogen-bond acceptors (Lipinski definition) is 5. The Morgan fingerprint density at radius 3 is 2.42 bits per heavy atom. The summed E-state index contributed by atoms with van der Waals surface area (Å²) in [7, 11) is 0. The molecule has 2 aliphatic rings. The van der Waals surface area contributed by atoms with Gasteiger partial charge < -0.3 is 9.64 Å². The fourth-order valence-corrected chi connectivity index (χ4v) is 6.62. The van der Waals surface area contributed by atoms with Gasteiger partial charge in [0, 0.05) is 29.2 Å². The molecule has 1 fully saturated rings. The van der Waals surface area contributed by atoms with E-state index in [1.165, 1.54) is 28.8 Å². The molecule has 40 heavy (non-hydrogen) atoms. The number of nitrogens with zero attached hydrogens (tertiary/aromatic N) is 4. The summed E-state index contributed by atoms with van der Waals surface area (Å²) in [6.45, 7) is 1.71. The molecule has 0 N–H and O–H groups in total. The van der Waals surface area contributed by atoms with E-state index in [-0.39, 0.29) is 35.2 Å². The van der Waals surface area contributed by atoms with Crippen LogP contribution in [0.25, 0.3) is 16.9 Å². The van der Waals surface area contributed by atoms with E-state index in [0.717, 1.165) is 16.7 Å². The van der Waals surface area contributed by atoms with E-state index in [2.05, 4.69) is 0 Å². The SMILES string of the molecule is O=C(CN1C(=O)CS[C@H](c2ccccc2Cl)c2c(-c3ccccc3)nn(-c3ccc(F)cc3)c21)N1CCOCC1. The van der Waals surface area contributed by atoms with Crippen LogP contribution in [0.2, 0.25) is 5.02 Å². The number of ether oxygens (including phenoxy) is 1. The smallest absolute Gasteiger partial charge is 0.242 e. The highest BCUT2D eigenvalue weighted by atomic mass is 35.5. The third-order valence-corrected chi connectivity index (χ3v) is 8.63. The average molecular weight is 577 g/mol. The first kappa shape index (κ1) is 26.6. The highest BCUT2D eigenvalue weighted by Crippen LogP contribution is 2.49. The minimum atomic E-state index is -0.384. The number of aromatic nitrogens is 2. The van der Waals surface area contributed by atoms with E-state index < -0.39 is 0 Å². The van der Waals surface area contributed by atoms with Crippen LogP contribution in [0.5, 0.6) is 0 Å². The number of benzene rings is 3. The quantitative estimate of drug-likeness (QED) is 0.320. The monoisotopic (exact) mass is 576 g/mol. The zero-order valence-corrected chi connectivity index (χ0v) is 23.1. The van der Waals surface area contributed by atoms with Crippen molar-refractivity contribution < 1.29 is 18.7 Å². The molecule has 0 saturated carbocycles. The predicted octanol–water partition coefficient (Wildman–Crippen LogP) is 5.36. The predicted molar refractivity (Wildman–Crippen MR) is 154 cm³/mol. The number of carbonyl (C=O) groups excluding carboxylic acids is 2. The van der Waals surface area contributed by atoms with Gasteiger partial charge >= 0.3 is 0 Å². The van der Waals surface area contributed by atoms with Crippen molar-refractivity contribution in [2.75, 3.05) is 43.5 Å². The molecule has 0 aliphatic carbocycles. The van der Waals surface area contributed by atoms with Crippen LogP contribution in [-0.2, 0) is 14.3 Å². The Hall–Kier alpha value is -3.66. The molecule has 10 heteroatoms. The van der Waals surface area contributed by atoms with Crippen LogP contribution in [0.15, 0.2) is 78.9 Å². The summed E-state index contributed by atoms with van der Waals surface area (Å²) in [5.74, 6) is -0.155. The molecule has 3 heterocycles. The third-order valence-electron chi connectivity index (χ3n) is 7.05. The fraction of sp³-hybridized carbons (Fsp3) is 0.233. The van der Waals surface area contributed by atoms with Gasteiger partial charge in [-0.1, -0.05) is 60.1 Å². The van der Waals surface area contributed by atoms with Crippen LogP contribution < -0.4 is 4.90 Å². The molecule has 7 nitrogen and oxygen atoms in total. The molecule has 204 valence electrons. The van der Waals surface area contributed by atoms with Gasteiger partial charge in [-0.15, -0.1) is 11.8 Å². The minimum absolute atomic E-state index is 0.138. The van der Waals surface area contributed by atoms with E-state index in [0.29, 0.717) is 48.5 Å². The van der Waals surface area contributed by atoms with E-state index >= 15 is 0 Å². The largest absolute Gasteiger partial charge is 0.378 e. The van der Waals surface area contributed by atoms with Crippen molar-refractivity contribution in [3.8, 4) is 16.9 Å². The van der Waals surface area contributed by atoms with Gasteiger partial charge in [0.05, 0.1) is 35.6 Å². The number of amides is 2. The van der Waals surface area contributed by atoms with Crippen molar-refractivity contribution in [2.45, 2.75) is 5.25 Å². The number of thioether (sulfide) groups is 1. The summed E-state index contributed by atoms with van der Waals surface area (Å²) in [4.78, 5) is 30.5. The number of rotatable bonds is 5. The second-order valence-electron chi connectivity index (χ2n) is 9.53. The molecule has 3 aromatic carbocycles. The molecule has 1 aromatic heterocycles. The van der Waals surface area contributed by atoms with E-state index in [4.69, 9.17) is 21.4 Å². The maximum absolute atomic E-state index is 13.9. The van der Waals surface area contributed by atoms with Crippen molar-refractivity contribution in [2.24, 2.45) is 0 Å². The fourth-order valence-electron chi connectivity index (χ4n) is 5.07. The van der Waals surface area contributed by atoms with E-state index in [1.807, 2.05) is 54.6 Å². The molecular weight excluding hydrogens is 551 g/mol. The Balaban J connectivity index is 1.59. The normalized spacial score (nSPS) is 17.4. The lowest BCUT2D eigenvalue weighted by Gasteiger charge is -2.30. The van der Waals surface area contributed by atoms with Gasteiger partial charge in [-0.3, -0.25) is 14.5 Å². The van der Waals surface area contributed by atoms with E-state index in [9.17, 15) is 14.0 Å². The van der Waals surface area contributed by atoms with Crippen LogP contribution in [0, 0.1) is 5.82 Å². The Kier molecular flexibility index (Phi) is 7.60. The second-order valence-corrected chi connectivity index (χ2v) is 11.0. The van der Waals surface area contributed by atoms with Gasteiger partial charge in [-0.05, 0) is 35.9 Å². The maximum atomic E-state index is 13.9. The summed E-state index contributed by atoms with van der Waals surface area (Å²) >= 11 is 8.18. The molecule has 1 atom stereocenters. The summed E-state index contributed by atoms with van der Waals surface area (Å²) in [5.41, 5.74) is 3.71. The summed E-state index contributed by atoms with van der Waals surface area (Å²) in [5, 5.41) is 5.24. The minimum Gasteiger partial charge on any atom is -0.378 e. The van der Waals surface area contributed by atoms with E-state index in [1.54, 1.807) is 21.7 Å². The van der Waals surface area contributed by atoms with Crippen LogP contribution in [0.3, 0.4) is 0 Å². The molecule has 2 aliphatic heterocycles. The average Bonchev–Trinajstić information content (AvgIpc) is 3.31. The molecule has 0 radical (unpaired) electrons. The first-order valence-corrected chi connectivity index (χ1v) is 14.4. The summed E-state index contributed by atoms with van der Waals surface area (Å²) in [6.07, 6.45) is 0. The molecule has 0 spiro atoms. The van der Waals surface area contributed by atoms with Gasteiger partial charge in [0.1, 0.15) is 18.2 Å². The molecule has 6 rings (SSSR count). The zero-order valence-electron chi connectivity index (χ0n) is 21.5. The highest BCUT2D eigenvalue weighted by Gasteiger charge is 2.38. The Morgan fingerprint density at radius 1 is 1.00 bits per heavy atom. The Bertz CT molecular complexity index is 1540. The summed E-state index contributed by atoms with van der Waals surface area (Å²) in [6, 6.07) is 23.2. The number of hydrogen-bond donors (Lipinski definition) is 0. The molecule has 1 saturated heterocycles. The number of halogens is 2. The van der Waals surface area contributed by atoms with Gasteiger partial charge in [-0.2, -0.15) is 5.10 Å². The Morgan fingerprint density at radius 2 is 1.70 bits per heavy atom. The Labute approximate surface area is 240 Å². The standard InChI is InChI=1S/C30H26ClFN4O3S/c31-24-9-5-4-8-23(24)29-27-28(20-6-2-1-3-7-20)33-36(22-12-10-21(32)11-13-22)30(27)35(26(38)19-40-29)18-25(37)34-14-16-39-17-15-34/h1-13,29H,14-19H2/t29-/m1/s1. The lowest BCUT2D eigenvalue weighted by atomic mass is 9.99. The van der Waals surface area contributed by atoms with Crippen molar-refractivity contribution in [3.05, 3.63) is 101 Å². The van der Waals surface area contributed by atoms with Crippen molar-refractivity contribution in [3.63, 3.8) is 0 Å². The van der Waals surface area contributed by atoms with Crippen molar-refractivity contribution >= 4 is 41.0 Å². The number of anilines is 1. The van der Waals surface area contributed by atoms with Gasteiger partial charge in [0.15, 0.2) is 0 Å². The molecule has 0 bridgehead atoms. The van der Waals surface area contributed by atoms with Gasteiger partial charge in [0.25, 0.3) is 0 Å². The second kappa shape index (κ2) is 11.4. The molecule has 0 unspecified atom stereocenters. The van der Waals surface area contributed by atoms with Crippen LogP contribution in [-0.4, -0.2) is 65.1 Å². The van der Waals surface area contributed by atoms with Crippen molar-refractivity contribution in [1.29, 1.82) is 0 Å². The van der Waals surface area contributed by atoms with Gasteiger partial charge in [-0.25, -0.2) is 9.07 Å². The lowest BCUT2D eigenvalue weighted by molar-refractivity contribution is -0.134. The summed E-state index contributed by atoms with van der Waals surface area (Å²) < 4.78 is 21.0. The van der Waals surface area contributed by atoms with Crippen molar-refractivity contribution in [1.82, 2.24) is 14.7 Å². The molecule has 2 amide bonds. The van der Waals surface area contributed by atoms with Crippen LogP contribution in [0.1, 0.15) is 16.4 Å². The number of fused-ring (bicyclic) bond motifs is 1. The lowest BCUT2D eigenvalue weighted by Crippen LogP contribution is -2.48. The molecular formula is C30H26ClFN4O3S. The first-order chi connectivity index (χ1) is 19.5. The zero-order chi connectivity index (χ0) is 27.6. The molecule has 4 aromatic rings. The third kappa shape index (κ3) is 5.12. The first-order valence-electron chi connectivity index (χ1n) is 13.0. The van der Waals surface area contributed by atoms with Crippen LogP contribution >= 0.6 is 23.4 Å². The maximum Gasteiger partial charge on any atom is 0.242 e. The highest BCUT2D eigenvalue weighted by molar-refractivity contribution is 8.00. The van der Waals surface area contributed by atoms with Crippen LogP contribution in [0.4, 0.5) is 10.2 Å². The number of carbonyl (C=O) groups is 2. The topological polar surface area (TPSA) is 67.7 Å². The number of morpholine rings is 1. The van der Waals surface area contributed by atoms with Gasteiger partial charge in [0.2, 0.25) is 11.8 Å².